The Labute approximate surface area is 213 Å². The monoisotopic (exact) mass is 566 g/mol. The highest BCUT2D eigenvalue weighted by Crippen LogP contribution is 2.32. The Morgan fingerprint density at radius 2 is 1.76 bits per heavy atom. The van der Waals surface area contributed by atoms with E-state index in [2.05, 4.69) is 40.0 Å². The van der Waals surface area contributed by atoms with Gasteiger partial charge in [0, 0.05) is 30.3 Å². The van der Waals surface area contributed by atoms with Gasteiger partial charge in [-0.2, -0.15) is 0 Å². The molecule has 3 rings (SSSR count). The second-order valence-electron chi connectivity index (χ2n) is 8.99. The summed E-state index contributed by atoms with van der Waals surface area (Å²) in [6.45, 7) is 9.96. The molecule has 0 bridgehead atoms. The van der Waals surface area contributed by atoms with Gasteiger partial charge in [0.15, 0.2) is 17.5 Å². The Bertz CT molecular complexity index is 929. The first-order valence-corrected chi connectivity index (χ1v) is 11.1. The van der Waals surface area contributed by atoms with Gasteiger partial charge in [-0.3, -0.25) is 4.79 Å². The van der Waals surface area contributed by atoms with Crippen molar-refractivity contribution < 1.29 is 14.3 Å². The molecule has 1 atom stereocenters. The lowest BCUT2D eigenvalue weighted by molar-refractivity contribution is -0.121. The van der Waals surface area contributed by atoms with Crippen molar-refractivity contribution in [2.45, 2.75) is 45.6 Å². The number of amides is 1. The van der Waals surface area contributed by atoms with Crippen LogP contribution in [0.1, 0.15) is 45.6 Å². The zero-order valence-corrected chi connectivity index (χ0v) is 22.1. The first kappa shape index (κ1) is 26.8. The van der Waals surface area contributed by atoms with E-state index < -0.39 is 0 Å². The summed E-state index contributed by atoms with van der Waals surface area (Å²) in [5, 5.41) is 9.60. The summed E-state index contributed by atoms with van der Waals surface area (Å²) < 4.78 is 11.5. The summed E-state index contributed by atoms with van der Waals surface area (Å²) >= 11 is 0. The fourth-order valence-electron chi connectivity index (χ4n) is 3.28. The van der Waals surface area contributed by atoms with Gasteiger partial charge in [0.25, 0.3) is 0 Å². The predicted octanol–water partition coefficient (Wildman–Crippen LogP) is 4.54. The molecular formula is C25H35IN4O3. The third-order valence-electron chi connectivity index (χ3n) is 4.85. The second kappa shape index (κ2) is 12.7. The summed E-state index contributed by atoms with van der Waals surface area (Å²) in [6.07, 6.45) is 0.853. The van der Waals surface area contributed by atoms with Crippen molar-refractivity contribution >= 4 is 41.5 Å². The predicted molar refractivity (Wildman–Crippen MR) is 144 cm³/mol. The maximum atomic E-state index is 12.3. The molecule has 8 heteroatoms. The van der Waals surface area contributed by atoms with Crippen LogP contribution in [0.2, 0.25) is 0 Å². The maximum Gasteiger partial charge on any atom is 0.242 e. The molecule has 3 N–H and O–H groups in total. The lowest BCUT2D eigenvalue weighted by atomic mass is 10.0. The number of carbonyl (C=O) groups excluding carboxylic acids is 1. The van der Waals surface area contributed by atoms with E-state index in [4.69, 9.17) is 9.47 Å². The molecule has 33 heavy (non-hydrogen) atoms. The number of nitrogens with one attached hydrogen (secondary N) is 3. The number of anilines is 1. The molecule has 0 radical (unpaired) electrons. The largest absolute Gasteiger partial charge is 0.490 e. The first-order chi connectivity index (χ1) is 15.3. The third-order valence-corrected chi connectivity index (χ3v) is 4.85. The molecule has 1 aliphatic rings. The summed E-state index contributed by atoms with van der Waals surface area (Å²) in [6, 6.07) is 16.0. The molecule has 0 saturated carbocycles. The number of aliphatic imine (C=N–C) groups is 1. The van der Waals surface area contributed by atoms with Gasteiger partial charge in [-0.05, 0) is 44.4 Å². The molecular weight excluding hydrogens is 531 g/mol. The number of halogens is 1. The minimum Gasteiger partial charge on any atom is -0.490 e. The van der Waals surface area contributed by atoms with Crippen LogP contribution in [0.4, 0.5) is 5.69 Å². The quantitative estimate of drug-likeness (QED) is 0.272. The Morgan fingerprint density at radius 3 is 2.45 bits per heavy atom. The SMILES string of the molecule is CC(CNC(=NCC(=O)NC(C)(C)C)Nc1ccc2c(c1)OCCCO2)c1ccccc1.I. The van der Waals surface area contributed by atoms with Crippen molar-refractivity contribution in [2.24, 2.45) is 4.99 Å². The van der Waals surface area contributed by atoms with Crippen LogP contribution in [0.15, 0.2) is 53.5 Å². The highest BCUT2D eigenvalue weighted by molar-refractivity contribution is 14.0. The fraction of sp³-hybridized carbons (Fsp3) is 0.440. The molecule has 1 unspecified atom stereocenters. The van der Waals surface area contributed by atoms with E-state index in [1.165, 1.54) is 5.56 Å². The number of hydrogen-bond donors (Lipinski definition) is 3. The van der Waals surface area contributed by atoms with Gasteiger partial charge in [0.1, 0.15) is 6.54 Å². The highest BCUT2D eigenvalue weighted by Gasteiger charge is 2.15. The fourth-order valence-corrected chi connectivity index (χ4v) is 3.28. The van der Waals surface area contributed by atoms with Crippen LogP contribution < -0.4 is 25.4 Å². The van der Waals surface area contributed by atoms with Gasteiger partial charge in [-0.25, -0.2) is 4.99 Å². The lowest BCUT2D eigenvalue weighted by Gasteiger charge is -2.20. The number of rotatable bonds is 6. The molecule has 0 aromatic heterocycles. The van der Waals surface area contributed by atoms with Gasteiger partial charge < -0.3 is 25.4 Å². The molecule has 1 amide bonds. The van der Waals surface area contributed by atoms with Crippen molar-refractivity contribution in [3.63, 3.8) is 0 Å². The van der Waals surface area contributed by atoms with Crippen molar-refractivity contribution in [1.29, 1.82) is 0 Å². The van der Waals surface area contributed by atoms with E-state index in [0.717, 1.165) is 17.9 Å². The van der Waals surface area contributed by atoms with Crippen molar-refractivity contribution in [3.05, 3.63) is 54.1 Å². The minimum atomic E-state index is -0.302. The Hall–Kier alpha value is -2.49. The zero-order valence-electron chi connectivity index (χ0n) is 19.8. The van der Waals surface area contributed by atoms with Crippen molar-refractivity contribution in [2.75, 3.05) is 31.6 Å². The summed E-state index contributed by atoms with van der Waals surface area (Å²) in [4.78, 5) is 16.8. The standard InChI is InChI=1S/C25H34N4O3.HI/c1-18(19-9-6-5-7-10-19)16-26-24(27-17-23(30)29-25(2,3)4)28-20-11-12-21-22(15-20)32-14-8-13-31-21;/h5-7,9-12,15,18H,8,13-14,16-17H2,1-4H3,(H,29,30)(H2,26,27,28);1H. The van der Waals surface area contributed by atoms with Crippen molar-refractivity contribution in [3.8, 4) is 11.5 Å². The van der Waals surface area contributed by atoms with Crippen LogP contribution in [0.25, 0.3) is 0 Å². The third kappa shape index (κ3) is 9.11. The molecule has 0 spiro atoms. The van der Waals surface area contributed by atoms with Crippen LogP contribution >= 0.6 is 24.0 Å². The van der Waals surface area contributed by atoms with Gasteiger partial charge in [-0.15, -0.1) is 24.0 Å². The van der Waals surface area contributed by atoms with E-state index in [-0.39, 0.29) is 47.9 Å². The number of benzene rings is 2. The Kier molecular flexibility index (Phi) is 10.3. The topological polar surface area (TPSA) is 84.0 Å². The lowest BCUT2D eigenvalue weighted by Crippen LogP contribution is -2.42. The van der Waals surface area contributed by atoms with Crippen LogP contribution in [0, 0.1) is 0 Å². The van der Waals surface area contributed by atoms with Crippen LogP contribution in [-0.4, -0.2) is 43.7 Å². The molecule has 1 heterocycles. The number of carbonyl (C=O) groups is 1. The smallest absolute Gasteiger partial charge is 0.242 e. The van der Waals surface area contributed by atoms with E-state index >= 15 is 0 Å². The van der Waals surface area contributed by atoms with Crippen LogP contribution in [0.3, 0.4) is 0 Å². The molecule has 0 aliphatic carbocycles. The van der Waals surface area contributed by atoms with Crippen LogP contribution in [-0.2, 0) is 4.79 Å². The Balaban J connectivity index is 0.00000385. The summed E-state index contributed by atoms with van der Waals surface area (Å²) in [7, 11) is 0. The van der Waals surface area contributed by atoms with Crippen LogP contribution in [0.5, 0.6) is 11.5 Å². The van der Waals surface area contributed by atoms with Gasteiger partial charge in [-0.1, -0.05) is 37.3 Å². The molecule has 1 aliphatic heterocycles. The summed E-state index contributed by atoms with van der Waals surface area (Å²) in [5.74, 6) is 2.12. The van der Waals surface area contributed by atoms with E-state index in [1.807, 2.05) is 57.2 Å². The molecule has 7 nitrogen and oxygen atoms in total. The number of fused-ring (bicyclic) bond motifs is 1. The zero-order chi connectivity index (χ0) is 23.0. The normalized spacial score (nSPS) is 14.4. The molecule has 180 valence electrons. The molecule has 0 fully saturated rings. The van der Waals surface area contributed by atoms with Crippen molar-refractivity contribution in [1.82, 2.24) is 10.6 Å². The van der Waals surface area contributed by atoms with E-state index in [0.29, 0.717) is 31.5 Å². The Morgan fingerprint density at radius 1 is 1.06 bits per heavy atom. The molecule has 2 aromatic carbocycles. The molecule has 0 saturated heterocycles. The highest BCUT2D eigenvalue weighted by atomic mass is 127. The first-order valence-electron chi connectivity index (χ1n) is 11.1. The minimum absolute atomic E-state index is 0. The van der Waals surface area contributed by atoms with Gasteiger partial charge >= 0.3 is 0 Å². The summed E-state index contributed by atoms with van der Waals surface area (Å²) in [5.41, 5.74) is 1.74. The maximum absolute atomic E-state index is 12.3. The van der Waals surface area contributed by atoms with Gasteiger partial charge in [0.2, 0.25) is 5.91 Å². The number of guanidine groups is 1. The second-order valence-corrected chi connectivity index (χ2v) is 8.99. The average molecular weight is 566 g/mol. The van der Waals surface area contributed by atoms with E-state index in [1.54, 1.807) is 0 Å². The van der Waals surface area contributed by atoms with Gasteiger partial charge in [0.05, 0.1) is 13.2 Å². The average Bonchev–Trinajstić information content (AvgIpc) is 3.00. The van der Waals surface area contributed by atoms with E-state index in [9.17, 15) is 4.79 Å². The number of nitrogens with zero attached hydrogens (tertiary/aromatic N) is 1. The molecule has 2 aromatic rings. The number of hydrogen-bond acceptors (Lipinski definition) is 4. The number of ether oxygens (including phenoxy) is 2.